The lowest BCUT2D eigenvalue weighted by Gasteiger charge is -2.11. The summed E-state index contributed by atoms with van der Waals surface area (Å²) in [6.45, 7) is 1.61. The van der Waals surface area contributed by atoms with E-state index in [-0.39, 0.29) is 17.5 Å². The third-order valence-corrected chi connectivity index (χ3v) is 3.81. The van der Waals surface area contributed by atoms with Crippen molar-refractivity contribution in [2.75, 3.05) is 0 Å². The van der Waals surface area contributed by atoms with Gasteiger partial charge in [0.05, 0.1) is 10.4 Å². The lowest BCUT2D eigenvalue weighted by Crippen LogP contribution is -2.20. The lowest BCUT2D eigenvalue weighted by molar-refractivity contribution is -0.386. The van der Waals surface area contributed by atoms with Crippen LogP contribution in [0.15, 0.2) is 11.0 Å². The number of hydrogen-bond acceptors (Lipinski definition) is 4. The van der Waals surface area contributed by atoms with E-state index in [9.17, 15) is 28.5 Å². The SMILES string of the molecule is CC1Cc2c(F)c(F)c([N+](=O)[O-])c3c(=O)c(C(=O)O)cn1c23. The molecule has 0 bridgehead atoms. The Morgan fingerprint density at radius 2 is 2.09 bits per heavy atom. The molecule has 0 saturated carbocycles. The molecule has 3 rings (SSSR count). The van der Waals surface area contributed by atoms with Crippen LogP contribution in [0.1, 0.15) is 28.9 Å². The number of aromatic carboxylic acids is 1. The maximum Gasteiger partial charge on any atom is 0.341 e. The molecule has 2 heterocycles. The van der Waals surface area contributed by atoms with E-state index in [0.29, 0.717) is 0 Å². The molecule has 22 heavy (non-hydrogen) atoms. The van der Waals surface area contributed by atoms with Crippen molar-refractivity contribution < 1.29 is 23.6 Å². The molecule has 1 aromatic heterocycles. The summed E-state index contributed by atoms with van der Waals surface area (Å²) in [6, 6.07) is -0.452. The molecule has 0 aliphatic carbocycles. The molecular formula is C13H8F2N2O5. The largest absolute Gasteiger partial charge is 0.477 e. The van der Waals surface area contributed by atoms with Crippen molar-refractivity contribution in [3.05, 3.63) is 49.3 Å². The van der Waals surface area contributed by atoms with Gasteiger partial charge in [0.1, 0.15) is 10.9 Å². The summed E-state index contributed by atoms with van der Waals surface area (Å²) in [5, 5.41) is 19.4. The Morgan fingerprint density at radius 3 is 2.64 bits per heavy atom. The normalized spacial score (nSPS) is 16.2. The summed E-state index contributed by atoms with van der Waals surface area (Å²) in [5.74, 6) is -4.71. The van der Waals surface area contributed by atoms with E-state index in [1.807, 2.05) is 0 Å². The monoisotopic (exact) mass is 310 g/mol. The third-order valence-electron chi connectivity index (χ3n) is 3.81. The summed E-state index contributed by atoms with van der Waals surface area (Å²) in [5.41, 5.74) is -3.51. The van der Waals surface area contributed by atoms with Crippen LogP contribution in [0.25, 0.3) is 10.9 Å². The minimum absolute atomic E-state index is 0.0137. The van der Waals surface area contributed by atoms with Crippen LogP contribution >= 0.6 is 0 Å². The number of carboxylic acid groups (broad SMARTS) is 1. The molecule has 0 radical (unpaired) electrons. The fraction of sp³-hybridized carbons (Fsp3) is 0.231. The highest BCUT2D eigenvalue weighted by atomic mass is 19.2. The van der Waals surface area contributed by atoms with Gasteiger partial charge in [0.15, 0.2) is 5.82 Å². The van der Waals surface area contributed by atoms with Gasteiger partial charge in [0.2, 0.25) is 11.2 Å². The number of carbonyl (C=O) groups is 1. The van der Waals surface area contributed by atoms with E-state index in [4.69, 9.17) is 5.11 Å². The van der Waals surface area contributed by atoms with Gasteiger partial charge in [-0.05, 0) is 13.3 Å². The number of benzene rings is 1. The molecule has 1 aliphatic rings. The van der Waals surface area contributed by atoms with Crippen molar-refractivity contribution >= 4 is 22.6 Å². The summed E-state index contributed by atoms with van der Waals surface area (Å²) in [7, 11) is 0. The molecule has 0 spiro atoms. The number of aromatic nitrogens is 1. The van der Waals surface area contributed by atoms with Gasteiger partial charge in [-0.15, -0.1) is 0 Å². The topological polar surface area (TPSA) is 102 Å². The Morgan fingerprint density at radius 1 is 1.45 bits per heavy atom. The fourth-order valence-electron chi connectivity index (χ4n) is 2.86. The summed E-state index contributed by atoms with van der Waals surface area (Å²) < 4.78 is 29.3. The second-order valence-corrected chi connectivity index (χ2v) is 5.07. The maximum atomic E-state index is 14.0. The van der Waals surface area contributed by atoms with Crippen LogP contribution in [-0.2, 0) is 6.42 Å². The number of carboxylic acids is 1. The predicted molar refractivity (Wildman–Crippen MR) is 70.2 cm³/mol. The van der Waals surface area contributed by atoms with Gasteiger partial charge in [0, 0.05) is 17.8 Å². The smallest absolute Gasteiger partial charge is 0.341 e. The lowest BCUT2D eigenvalue weighted by atomic mass is 10.0. The third kappa shape index (κ3) is 1.59. The first kappa shape index (κ1) is 14.1. The molecule has 1 atom stereocenters. The quantitative estimate of drug-likeness (QED) is 0.675. The van der Waals surface area contributed by atoms with E-state index < -0.39 is 50.6 Å². The predicted octanol–water partition coefficient (Wildman–Crippen LogP) is 2.00. The van der Waals surface area contributed by atoms with Gasteiger partial charge in [0.25, 0.3) is 0 Å². The van der Waals surface area contributed by atoms with Crippen molar-refractivity contribution in [3.8, 4) is 0 Å². The van der Waals surface area contributed by atoms with Crippen LogP contribution in [0.5, 0.6) is 0 Å². The number of nitro groups is 1. The van der Waals surface area contributed by atoms with Crippen LogP contribution in [0, 0.1) is 21.7 Å². The highest BCUT2D eigenvalue weighted by molar-refractivity contribution is 5.98. The van der Waals surface area contributed by atoms with Gasteiger partial charge < -0.3 is 9.67 Å². The van der Waals surface area contributed by atoms with Gasteiger partial charge in [-0.25, -0.2) is 9.18 Å². The van der Waals surface area contributed by atoms with E-state index in [1.54, 1.807) is 6.92 Å². The molecule has 7 nitrogen and oxygen atoms in total. The Bertz CT molecular complexity index is 935. The zero-order valence-electron chi connectivity index (χ0n) is 11.1. The summed E-state index contributed by atoms with van der Waals surface area (Å²) >= 11 is 0. The molecule has 1 aromatic carbocycles. The van der Waals surface area contributed by atoms with E-state index in [0.717, 1.165) is 6.20 Å². The Balaban J connectivity index is 2.68. The average molecular weight is 310 g/mol. The van der Waals surface area contributed by atoms with Crippen molar-refractivity contribution in [1.82, 2.24) is 4.57 Å². The Kier molecular flexibility index (Phi) is 2.77. The molecule has 1 aliphatic heterocycles. The number of pyridine rings is 1. The first-order valence-corrected chi connectivity index (χ1v) is 6.22. The summed E-state index contributed by atoms with van der Waals surface area (Å²) in [6.07, 6.45) is 1.02. The molecule has 2 aromatic rings. The van der Waals surface area contributed by atoms with Crippen LogP contribution < -0.4 is 5.43 Å². The number of halogens is 2. The molecule has 114 valence electrons. The van der Waals surface area contributed by atoms with E-state index in [1.165, 1.54) is 4.57 Å². The minimum atomic E-state index is -1.74. The standard InChI is InChI=1S/C13H8F2N2O5/c1-4-2-5-8(14)9(15)11(17(21)22)7-10(5)16(4)3-6(12(7)18)13(19)20/h3-4H,2H2,1H3,(H,19,20). The van der Waals surface area contributed by atoms with Crippen molar-refractivity contribution in [2.24, 2.45) is 0 Å². The van der Waals surface area contributed by atoms with Gasteiger partial charge in [-0.2, -0.15) is 4.39 Å². The van der Waals surface area contributed by atoms with Crippen LogP contribution in [0.4, 0.5) is 14.5 Å². The number of hydrogen-bond donors (Lipinski definition) is 1. The van der Waals surface area contributed by atoms with Gasteiger partial charge >= 0.3 is 11.7 Å². The molecule has 9 heteroatoms. The van der Waals surface area contributed by atoms with E-state index in [2.05, 4.69) is 0 Å². The molecular weight excluding hydrogens is 302 g/mol. The number of nitrogens with zero attached hydrogens (tertiary/aromatic N) is 2. The van der Waals surface area contributed by atoms with Gasteiger partial charge in [-0.3, -0.25) is 14.9 Å². The highest BCUT2D eigenvalue weighted by Gasteiger charge is 2.36. The number of rotatable bonds is 2. The van der Waals surface area contributed by atoms with Crippen molar-refractivity contribution in [2.45, 2.75) is 19.4 Å². The first-order chi connectivity index (χ1) is 10.3. The Hall–Kier alpha value is -2.84. The molecule has 1 unspecified atom stereocenters. The van der Waals surface area contributed by atoms with E-state index >= 15 is 0 Å². The number of nitro benzene ring substituents is 1. The molecule has 0 amide bonds. The molecule has 1 N–H and O–H groups in total. The van der Waals surface area contributed by atoms with Crippen molar-refractivity contribution in [3.63, 3.8) is 0 Å². The minimum Gasteiger partial charge on any atom is -0.477 e. The fourth-order valence-corrected chi connectivity index (χ4v) is 2.86. The van der Waals surface area contributed by atoms with Gasteiger partial charge in [-0.1, -0.05) is 0 Å². The van der Waals surface area contributed by atoms with Crippen LogP contribution in [0.3, 0.4) is 0 Å². The maximum absolute atomic E-state index is 14.0. The van der Waals surface area contributed by atoms with Crippen molar-refractivity contribution in [1.29, 1.82) is 0 Å². The molecule has 0 fully saturated rings. The zero-order chi connectivity index (χ0) is 16.3. The van der Waals surface area contributed by atoms with Crippen LogP contribution in [-0.4, -0.2) is 20.6 Å². The second kappa shape index (κ2) is 4.33. The summed E-state index contributed by atoms with van der Waals surface area (Å²) in [4.78, 5) is 33.2. The average Bonchev–Trinajstić information content (AvgIpc) is 2.75. The second-order valence-electron chi connectivity index (χ2n) is 5.07. The first-order valence-electron chi connectivity index (χ1n) is 6.22. The highest BCUT2D eigenvalue weighted by Crippen LogP contribution is 2.39. The zero-order valence-corrected chi connectivity index (χ0v) is 11.1. The molecule has 0 saturated heterocycles. The van der Waals surface area contributed by atoms with Crippen LogP contribution in [0.2, 0.25) is 0 Å². The Labute approximate surface area is 120 Å².